The van der Waals surface area contributed by atoms with Gasteiger partial charge in [0.25, 0.3) is 0 Å². The van der Waals surface area contributed by atoms with Gasteiger partial charge in [-0.2, -0.15) is 0 Å². The van der Waals surface area contributed by atoms with Crippen molar-refractivity contribution in [3.05, 3.63) is 66.2 Å². The number of rotatable bonds is 7. The van der Waals surface area contributed by atoms with E-state index in [0.29, 0.717) is 6.61 Å². The SMILES string of the molecule is C=CCc1cc(N)ccc1OCCc1ccc(OC)cc1. The van der Waals surface area contributed by atoms with Gasteiger partial charge >= 0.3 is 0 Å². The highest BCUT2D eigenvalue weighted by Gasteiger charge is 2.03. The Kier molecular flexibility index (Phi) is 5.27. The molecule has 0 heterocycles. The Morgan fingerprint density at radius 2 is 1.90 bits per heavy atom. The van der Waals surface area contributed by atoms with E-state index in [1.54, 1.807) is 7.11 Å². The summed E-state index contributed by atoms with van der Waals surface area (Å²) in [4.78, 5) is 0. The predicted molar refractivity (Wildman–Crippen MR) is 86.9 cm³/mol. The van der Waals surface area contributed by atoms with Crippen molar-refractivity contribution in [2.45, 2.75) is 12.8 Å². The summed E-state index contributed by atoms with van der Waals surface area (Å²) in [5.41, 5.74) is 8.84. The Labute approximate surface area is 126 Å². The lowest BCUT2D eigenvalue weighted by molar-refractivity contribution is 0.319. The minimum atomic E-state index is 0.625. The van der Waals surface area contributed by atoms with Gasteiger partial charge in [-0.1, -0.05) is 18.2 Å². The second kappa shape index (κ2) is 7.39. The fraction of sp³-hybridized carbons (Fsp3) is 0.222. The van der Waals surface area contributed by atoms with Gasteiger partial charge in [0.05, 0.1) is 13.7 Å². The molecule has 0 radical (unpaired) electrons. The summed E-state index contributed by atoms with van der Waals surface area (Å²) in [6.07, 6.45) is 3.45. The smallest absolute Gasteiger partial charge is 0.122 e. The number of nitrogen functional groups attached to an aromatic ring is 1. The van der Waals surface area contributed by atoms with E-state index in [-0.39, 0.29) is 0 Å². The molecule has 2 rings (SSSR count). The van der Waals surface area contributed by atoms with Gasteiger partial charge in [0.2, 0.25) is 0 Å². The molecule has 0 saturated heterocycles. The molecule has 0 saturated carbocycles. The fourth-order valence-electron chi connectivity index (χ4n) is 2.13. The van der Waals surface area contributed by atoms with Gasteiger partial charge in [-0.05, 0) is 47.9 Å². The molecule has 2 N–H and O–H groups in total. The molecule has 0 aromatic heterocycles. The minimum absolute atomic E-state index is 0.625. The molecule has 0 aliphatic heterocycles. The molecule has 0 bridgehead atoms. The largest absolute Gasteiger partial charge is 0.497 e. The van der Waals surface area contributed by atoms with Crippen LogP contribution >= 0.6 is 0 Å². The zero-order chi connectivity index (χ0) is 15.1. The highest BCUT2D eigenvalue weighted by Crippen LogP contribution is 2.22. The molecular weight excluding hydrogens is 262 g/mol. The number of nitrogens with two attached hydrogens (primary N) is 1. The third kappa shape index (κ3) is 4.28. The lowest BCUT2D eigenvalue weighted by Gasteiger charge is -2.11. The van der Waals surface area contributed by atoms with Gasteiger partial charge in [0, 0.05) is 12.1 Å². The van der Waals surface area contributed by atoms with Crippen molar-refractivity contribution in [1.82, 2.24) is 0 Å². The summed E-state index contributed by atoms with van der Waals surface area (Å²) >= 11 is 0. The van der Waals surface area contributed by atoms with Crippen molar-refractivity contribution in [2.24, 2.45) is 0 Å². The summed E-state index contributed by atoms with van der Waals surface area (Å²) in [5.74, 6) is 1.74. The Morgan fingerprint density at radius 3 is 2.57 bits per heavy atom. The molecule has 3 heteroatoms. The summed E-state index contributed by atoms with van der Waals surface area (Å²) in [5, 5.41) is 0. The summed E-state index contributed by atoms with van der Waals surface area (Å²) in [6, 6.07) is 13.7. The Hall–Kier alpha value is -2.42. The zero-order valence-corrected chi connectivity index (χ0v) is 12.3. The maximum Gasteiger partial charge on any atom is 0.122 e. The van der Waals surface area contributed by atoms with Gasteiger partial charge in [-0.25, -0.2) is 0 Å². The van der Waals surface area contributed by atoms with Gasteiger partial charge in [0.1, 0.15) is 11.5 Å². The first-order valence-corrected chi connectivity index (χ1v) is 6.98. The molecule has 2 aromatic carbocycles. The third-order valence-electron chi connectivity index (χ3n) is 3.26. The van der Waals surface area contributed by atoms with Crippen LogP contribution in [0.4, 0.5) is 5.69 Å². The van der Waals surface area contributed by atoms with Crippen LogP contribution < -0.4 is 15.2 Å². The van der Waals surface area contributed by atoms with E-state index in [2.05, 4.69) is 18.7 Å². The lowest BCUT2D eigenvalue weighted by Crippen LogP contribution is -2.04. The monoisotopic (exact) mass is 283 g/mol. The first-order valence-electron chi connectivity index (χ1n) is 6.98. The molecule has 110 valence electrons. The van der Waals surface area contributed by atoms with Crippen molar-refractivity contribution in [3.63, 3.8) is 0 Å². The maximum absolute atomic E-state index is 5.87. The third-order valence-corrected chi connectivity index (χ3v) is 3.26. The fourth-order valence-corrected chi connectivity index (χ4v) is 2.13. The summed E-state index contributed by atoms with van der Waals surface area (Å²) in [6.45, 7) is 4.39. The number of hydrogen-bond acceptors (Lipinski definition) is 3. The quantitative estimate of drug-likeness (QED) is 0.623. The Balaban J connectivity index is 1.94. The number of methoxy groups -OCH3 is 1. The van der Waals surface area contributed by atoms with E-state index in [9.17, 15) is 0 Å². The molecule has 0 spiro atoms. The van der Waals surface area contributed by atoms with Crippen molar-refractivity contribution < 1.29 is 9.47 Å². The zero-order valence-electron chi connectivity index (χ0n) is 12.3. The highest BCUT2D eigenvalue weighted by molar-refractivity contribution is 5.48. The average Bonchev–Trinajstić information content (AvgIpc) is 2.50. The minimum Gasteiger partial charge on any atom is -0.497 e. The second-order valence-corrected chi connectivity index (χ2v) is 4.81. The van der Waals surface area contributed by atoms with Gasteiger partial charge in [-0.3, -0.25) is 0 Å². The van der Waals surface area contributed by atoms with Crippen LogP contribution in [0.2, 0.25) is 0 Å². The van der Waals surface area contributed by atoms with Gasteiger partial charge < -0.3 is 15.2 Å². The van der Waals surface area contributed by atoms with E-state index in [0.717, 1.165) is 35.6 Å². The first-order chi connectivity index (χ1) is 10.2. The molecule has 0 aliphatic carbocycles. The standard InChI is InChI=1S/C18H21NO2/c1-3-4-15-13-16(19)7-10-18(15)21-12-11-14-5-8-17(20-2)9-6-14/h3,5-10,13H,1,4,11-12,19H2,2H3. The topological polar surface area (TPSA) is 44.5 Å². The van der Waals surface area contributed by atoms with E-state index in [1.165, 1.54) is 5.56 Å². The van der Waals surface area contributed by atoms with Crippen molar-refractivity contribution >= 4 is 5.69 Å². The van der Waals surface area contributed by atoms with E-state index in [1.807, 2.05) is 36.4 Å². The van der Waals surface area contributed by atoms with Crippen LogP contribution in [0.15, 0.2) is 55.1 Å². The van der Waals surface area contributed by atoms with E-state index >= 15 is 0 Å². The molecule has 0 atom stereocenters. The van der Waals surface area contributed by atoms with E-state index in [4.69, 9.17) is 15.2 Å². The number of anilines is 1. The molecule has 21 heavy (non-hydrogen) atoms. The Bertz CT molecular complexity index is 591. The molecule has 0 fully saturated rings. The van der Waals surface area contributed by atoms with Crippen molar-refractivity contribution in [3.8, 4) is 11.5 Å². The number of hydrogen-bond donors (Lipinski definition) is 1. The van der Waals surface area contributed by atoms with Crippen molar-refractivity contribution in [1.29, 1.82) is 0 Å². The van der Waals surface area contributed by atoms with Crippen LogP contribution in [0.3, 0.4) is 0 Å². The molecule has 2 aromatic rings. The second-order valence-electron chi connectivity index (χ2n) is 4.81. The van der Waals surface area contributed by atoms with Crippen LogP contribution in [0.25, 0.3) is 0 Å². The summed E-state index contributed by atoms with van der Waals surface area (Å²) in [7, 11) is 1.67. The average molecular weight is 283 g/mol. The molecule has 3 nitrogen and oxygen atoms in total. The number of ether oxygens (including phenoxy) is 2. The molecule has 0 amide bonds. The van der Waals surface area contributed by atoms with Crippen LogP contribution in [0, 0.1) is 0 Å². The van der Waals surface area contributed by atoms with E-state index < -0.39 is 0 Å². The maximum atomic E-state index is 5.87. The normalized spacial score (nSPS) is 10.1. The first kappa shape index (κ1) is 15.0. The predicted octanol–water partition coefficient (Wildman–Crippen LogP) is 3.63. The molecular formula is C18H21NO2. The Morgan fingerprint density at radius 1 is 1.14 bits per heavy atom. The van der Waals surface area contributed by atoms with Gasteiger partial charge in [0.15, 0.2) is 0 Å². The number of benzene rings is 2. The van der Waals surface area contributed by atoms with Crippen molar-refractivity contribution in [2.75, 3.05) is 19.5 Å². The molecule has 0 aliphatic rings. The van der Waals surface area contributed by atoms with Crippen LogP contribution in [0.5, 0.6) is 11.5 Å². The van der Waals surface area contributed by atoms with Crippen LogP contribution in [-0.2, 0) is 12.8 Å². The van der Waals surface area contributed by atoms with Crippen LogP contribution in [-0.4, -0.2) is 13.7 Å². The summed E-state index contributed by atoms with van der Waals surface area (Å²) < 4.78 is 11.0. The highest BCUT2D eigenvalue weighted by atomic mass is 16.5. The number of allylic oxidation sites excluding steroid dienone is 1. The molecule has 0 unspecified atom stereocenters. The lowest BCUT2D eigenvalue weighted by atomic mass is 10.1. The van der Waals surface area contributed by atoms with Gasteiger partial charge in [-0.15, -0.1) is 6.58 Å². The van der Waals surface area contributed by atoms with Crippen LogP contribution in [0.1, 0.15) is 11.1 Å².